The summed E-state index contributed by atoms with van der Waals surface area (Å²) in [7, 11) is 0. The molecule has 0 fully saturated rings. The maximum absolute atomic E-state index is 10.8. The van der Waals surface area contributed by atoms with Crippen molar-refractivity contribution >= 4 is 12.3 Å². The minimum atomic E-state index is -1.19. The van der Waals surface area contributed by atoms with Gasteiger partial charge in [-0.05, 0) is 19.1 Å². The van der Waals surface area contributed by atoms with Crippen molar-refractivity contribution in [2.75, 3.05) is 0 Å². The van der Waals surface area contributed by atoms with E-state index in [0.717, 1.165) is 6.29 Å². The lowest BCUT2D eigenvalue weighted by molar-refractivity contribution is -0.130. The average molecular weight is 254 g/mol. The number of rotatable bonds is 2. The molecule has 2 aromatic rings. The molecule has 0 aliphatic carbocycles. The third kappa shape index (κ3) is 2.69. The summed E-state index contributed by atoms with van der Waals surface area (Å²) in [5.74, 6) is 3.43. The maximum Gasteiger partial charge on any atom is 0.382 e. The van der Waals surface area contributed by atoms with Gasteiger partial charge in [-0.3, -0.25) is 4.79 Å². The molecule has 0 unspecified atom stereocenters. The molecule has 0 atom stereocenters. The highest BCUT2D eigenvalue weighted by atomic mass is 16.4. The quantitative estimate of drug-likeness (QED) is 0.650. The Hall–Kier alpha value is -2.87. The van der Waals surface area contributed by atoms with E-state index in [1.165, 1.54) is 4.68 Å². The molecule has 0 aliphatic rings. The van der Waals surface area contributed by atoms with E-state index in [2.05, 4.69) is 16.9 Å². The molecule has 5 nitrogen and oxygen atoms in total. The Morgan fingerprint density at radius 2 is 2.16 bits per heavy atom. The molecule has 0 amide bonds. The van der Waals surface area contributed by atoms with E-state index < -0.39 is 5.97 Å². The first-order chi connectivity index (χ1) is 9.11. The standard InChI is InChI=1S/C14H10N2O3/c1-10-12(9-17)8-16(15-10)13-5-3-2-4-11(13)6-7-14(18)19/h2-5,8-9H,1H3,(H,18,19). The van der Waals surface area contributed by atoms with Crippen molar-refractivity contribution in [2.45, 2.75) is 6.92 Å². The fraction of sp³-hybridized carbons (Fsp3) is 0.0714. The van der Waals surface area contributed by atoms with Crippen molar-refractivity contribution in [3.8, 4) is 17.5 Å². The van der Waals surface area contributed by atoms with Crippen molar-refractivity contribution in [3.63, 3.8) is 0 Å². The van der Waals surface area contributed by atoms with Gasteiger partial charge in [0.15, 0.2) is 6.29 Å². The van der Waals surface area contributed by atoms with Crippen LogP contribution in [0.15, 0.2) is 30.5 Å². The number of carbonyl (C=O) groups is 2. The van der Waals surface area contributed by atoms with E-state index in [1.807, 2.05) is 0 Å². The number of para-hydroxylation sites is 1. The fourth-order valence-electron chi connectivity index (χ4n) is 1.61. The zero-order chi connectivity index (χ0) is 13.8. The van der Waals surface area contributed by atoms with Gasteiger partial charge in [-0.25, -0.2) is 9.48 Å². The zero-order valence-electron chi connectivity index (χ0n) is 10.1. The van der Waals surface area contributed by atoms with Gasteiger partial charge in [-0.2, -0.15) is 5.10 Å². The van der Waals surface area contributed by atoms with Crippen LogP contribution in [0.1, 0.15) is 21.6 Å². The van der Waals surface area contributed by atoms with Crippen LogP contribution in [0.4, 0.5) is 0 Å². The second kappa shape index (κ2) is 5.19. The summed E-state index contributed by atoms with van der Waals surface area (Å²) in [5, 5.41) is 12.8. The van der Waals surface area contributed by atoms with Gasteiger partial charge in [0.1, 0.15) is 0 Å². The number of benzene rings is 1. The van der Waals surface area contributed by atoms with E-state index in [-0.39, 0.29) is 0 Å². The Labute approximate surface area is 109 Å². The van der Waals surface area contributed by atoms with Gasteiger partial charge in [0.05, 0.1) is 22.5 Å². The predicted octanol–water partition coefficient (Wildman–Crippen LogP) is 1.43. The summed E-state index contributed by atoms with van der Waals surface area (Å²) in [6, 6.07) is 7.00. The summed E-state index contributed by atoms with van der Waals surface area (Å²) in [4.78, 5) is 21.3. The Morgan fingerprint density at radius 1 is 1.42 bits per heavy atom. The summed E-state index contributed by atoms with van der Waals surface area (Å²) >= 11 is 0. The van der Waals surface area contributed by atoms with Crippen molar-refractivity contribution in [1.29, 1.82) is 0 Å². The van der Waals surface area contributed by atoms with Crippen LogP contribution in [-0.4, -0.2) is 27.1 Å². The van der Waals surface area contributed by atoms with E-state index >= 15 is 0 Å². The van der Waals surface area contributed by atoms with Crippen molar-refractivity contribution < 1.29 is 14.7 Å². The van der Waals surface area contributed by atoms with Gasteiger partial charge < -0.3 is 5.11 Å². The lowest BCUT2D eigenvalue weighted by Gasteiger charge is -2.03. The van der Waals surface area contributed by atoms with Gasteiger partial charge in [-0.15, -0.1) is 0 Å². The van der Waals surface area contributed by atoms with Crippen LogP contribution in [-0.2, 0) is 4.79 Å². The lowest BCUT2D eigenvalue weighted by Crippen LogP contribution is -1.98. The van der Waals surface area contributed by atoms with E-state index in [1.54, 1.807) is 37.4 Å². The number of carbonyl (C=O) groups excluding carboxylic acids is 1. The van der Waals surface area contributed by atoms with Gasteiger partial charge >= 0.3 is 5.97 Å². The van der Waals surface area contributed by atoms with Gasteiger partial charge in [0.2, 0.25) is 0 Å². The molecule has 5 heteroatoms. The van der Waals surface area contributed by atoms with Crippen LogP contribution in [0.5, 0.6) is 0 Å². The summed E-state index contributed by atoms with van der Waals surface area (Å²) < 4.78 is 1.52. The van der Waals surface area contributed by atoms with Crippen LogP contribution >= 0.6 is 0 Å². The number of hydrogen-bond donors (Lipinski definition) is 1. The Kier molecular flexibility index (Phi) is 3.44. The Bertz CT molecular complexity index is 705. The molecule has 1 heterocycles. The number of aldehydes is 1. The number of aliphatic carboxylic acids is 1. The van der Waals surface area contributed by atoms with Crippen molar-refractivity contribution in [2.24, 2.45) is 0 Å². The van der Waals surface area contributed by atoms with Crippen molar-refractivity contribution in [1.82, 2.24) is 9.78 Å². The highest BCUT2D eigenvalue weighted by molar-refractivity contribution is 5.87. The molecular formula is C14H10N2O3. The van der Waals surface area contributed by atoms with Gasteiger partial charge in [0.25, 0.3) is 0 Å². The largest absolute Gasteiger partial charge is 0.472 e. The third-order valence-corrected chi connectivity index (χ3v) is 2.52. The molecule has 0 saturated heterocycles. The predicted molar refractivity (Wildman–Crippen MR) is 68.2 cm³/mol. The molecule has 0 saturated carbocycles. The second-order valence-electron chi connectivity index (χ2n) is 3.80. The average Bonchev–Trinajstić information content (AvgIpc) is 2.78. The highest BCUT2D eigenvalue weighted by Crippen LogP contribution is 2.14. The maximum atomic E-state index is 10.8. The minimum Gasteiger partial charge on any atom is -0.472 e. The minimum absolute atomic E-state index is 0.487. The summed E-state index contributed by atoms with van der Waals surface area (Å²) in [6.07, 6.45) is 2.31. The molecule has 94 valence electrons. The number of carboxylic acid groups (broad SMARTS) is 1. The zero-order valence-corrected chi connectivity index (χ0v) is 10.1. The summed E-state index contributed by atoms with van der Waals surface area (Å²) in [6.45, 7) is 1.73. The Morgan fingerprint density at radius 3 is 2.79 bits per heavy atom. The number of aromatic nitrogens is 2. The molecule has 0 bridgehead atoms. The van der Waals surface area contributed by atoms with E-state index in [9.17, 15) is 9.59 Å². The highest BCUT2D eigenvalue weighted by Gasteiger charge is 2.07. The topological polar surface area (TPSA) is 72.2 Å². The van der Waals surface area contributed by atoms with Crippen LogP contribution in [0.2, 0.25) is 0 Å². The first-order valence-corrected chi connectivity index (χ1v) is 5.47. The first kappa shape index (κ1) is 12.6. The number of carboxylic acids is 1. The molecule has 1 aromatic carbocycles. The van der Waals surface area contributed by atoms with Gasteiger partial charge in [-0.1, -0.05) is 18.1 Å². The monoisotopic (exact) mass is 254 g/mol. The number of nitrogens with zero attached hydrogens (tertiary/aromatic N) is 2. The fourth-order valence-corrected chi connectivity index (χ4v) is 1.61. The van der Waals surface area contributed by atoms with Gasteiger partial charge in [0, 0.05) is 12.1 Å². The number of aryl methyl sites for hydroxylation is 1. The molecular weight excluding hydrogens is 244 g/mol. The molecule has 0 aliphatic heterocycles. The molecule has 19 heavy (non-hydrogen) atoms. The molecule has 0 radical (unpaired) electrons. The van der Waals surface area contributed by atoms with Crippen LogP contribution < -0.4 is 0 Å². The first-order valence-electron chi connectivity index (χ1n) is 5.47. The normalized spacial score (nSPS) is 9.53. The van der Waals surface area contributed by atoms with Crippen molar-refractivity contribution in [3.05, 3.63) is 47.3 Å². The molecule has 1 N–H and O–H groups in total. The number of hydrogen-bond acceptors (Lipinski definition) is 3. The Balaban J connectivity index is 2.53. The SMILES string of the molecule is Cc1nn(-c2ccccc2C#CC(=O)O)cc1C=O. The van der Waals surface area contributed by atoms with Crippen LogP contribution in [0.3, 0.4) is 0 Å². The smallest absolute Gasteiger partial charge is 0.382 e. The molecule has 2 rings (SSSR count). The third-order valence-electron chi connectivity index (χ3n) is 2.52. The van der Waals surface area contributed by atoms with E-state index in [0.29, 0.717) is 22.5 Å². The van der Waals surface area contributed by atoms with Crippen LogP contribution in [0, 0.1) is 18.8 Å². The molecule has 0 spiro atoms. The van der Waals surface area contributed by atoms with E-state index in [4.69, 9.17) is 5.11 Å². The second-order valence-corrected chi connectivity index (χ2v) is 3.80. The molecule has 1 aromatic heterocycles. The lowest BCUT2D eigenvalue weighted by atomic mass is 10.2. The van der Waals surface area contributed by atoms with Crippen LogP contribution in [0.25, 0.3) is 5.69 Å². The summed E-state index contributed by atoms with van der Waals surface area (Å²) in [5.41, 5.74) is 2.26.